The van der Waals surface area contributed by atoms with Crippen LogP contribution < -0.4 is 5.32 Å². The number of benzene rings is 1. The number of hydrogen-bond donors (Lipinski definition) is 2. The standard InChI is InChI=1S/C19H18ClN3O3/c1-11(19(24)25)17(26-2)16-18(20)22-13-8-4-3-7-12(13)15(23-16)14-9-5-6-10-21-14/h3-10,15,18,22H,1-2H3,(H,24,25)/b17-11+/t15-,18?/m1/s1. The number of ether oxygens (including phenoxy) is 1. The van der Waals surface area contributed by atoms with Crippen molar-refractivity contribution in [1.82, 2.24) is 4.98 Å². The van der Waals surface area contributed by atoms with Gasteiger partial charge in [0.1, 0.15) is 17.3 Å². The molecule has 0 spiro atoms. The van der Waals surface area contributed by atoms with Crippen LogP contribution in [0.1, 0.15) is 24.2 Å². The van der Waals surface area contributed by atoms with Crippen LogP contribution in [-0.4, -0.2) is 34.4 Å². The van der Waals surface area contributed by atoms with Crippen LogP contribution in [0.25, 0.3) is 0 Å². The zero-order valence-corrected chi connectivity index (χ0v) is 15.1. The van der Waals surface area contributed by atoms with Gasteiger partial charge in [-0.15, -0.1) is 0 Å². The number of pyridine rings is 1. The van der Waals surface area contributed by atoms with Gasteiger partial charge in [-0.05, 0) is 25.1 Å². The number of halogens is 1. The molecule has 0 fully saturated rings. The van der Waals surface area contributed by atoms with E-state index in [1.807, 2.05) is 42.5 Å². The van der Waals surface area contributed by atoms with Crippen molar-refractivity contribution in [3.8, 4) is 0 Å². The summed E-state index contributed by atoms with van der Waals surface area (Å²) in [5, 5.41) is 12.5. The molecule has 1 aliphatic heterocycles. The predicted molar refractivity (Wildman–Crippen MR) is 101 cm³/mol. The number of nitrogens with zero attached hydrogens (tertiary/aromatic N) is 2. The van der Waals surface area contributed by atoms with E-state index in [4.69, 9.17) is 21.3 Å². The molecule has 0 radical (unpaired) electrons. The molecule has 1 aromatic heterocycles. The van der Waals surface area contributed by atoms with Gasteiger partial charge in [-0.3, -0.25) is 9.98 Å². The number of alkyl halides is 1. The number of rotatable bonds is 4. The second kappa shape index (κ2) is 7.58. The molecule has 0 bridgehead atoms. The first-order valence-electron chi connectivity index (χ1n) is 7.99. The van der Waals surface area contributed by atoms with E-state index in [1.165, 1.54) is 14.0 Å². The molecule has 134 valence electrons. The minimum absolute atomic E-state index is 0.0319. The Kier molecular flexibility index (Phi) is 5.23. The molecule has 1 aromatic carbocycles. The van der Waals surface area contributed by atoms with E-state index in [-0.39, 0.29) is 11.3 Å². The summed E-state index contributed by atoms with van der Waals surface area (Å²) in [4.78, 5) is 20.6. The largest absolute Gasteiger partial charge is 0.494 e. The molecule has 0 saturated heterocycles. The lowest BCUT2D eigenvalue weighted by Crippen LogP contribution is -2.27. The number of aromatic nitrogens is 1. The molecule has 0 aliphatic carbocycles. The number of carboxylic acids is 1. The topological polar surface area (TPSA) is 83.8 Å². The number of carboxylic acid groups (broad SMARTS) is 1. The maximum absolute atomic E-state index is 11.4. The van der Waals surface area contributed by atoms with Gasteiger partial charge in [-0.1, -0.05) is 35.9 Å². The minimum Gasteiger partial charge on any atom is -0.494 e. The van der Waals surface area contributed by atoms with Gasteiger partial charge in [0, 0.05) is 17.4 Å². The van der Waals surface area contributed by atoms with Crippen molar-refractivity contribution in [1.29, 1.82) is 0 Å². The molecular formula is C19H18ClN3O3. The molecule has 6 nitrogen and oxygen atoms in total. The van der Waals surface area contributed by atoms with Gasteiger partial charge in [0.15, 0.2) is 5.76 Å². The fraction of sp³-hybridized carbons (Fsp3) is 0.211. The van der Waals surface area contributed by atoms with Crippen LogP contribution in [0.3, 0.4) is 0 Å². The number of anilines is 1. The Morgan fingerprint density at radius 2 is 1.96 bits per heavy atom. The fourth-order valence-corrected chi connectivity index (χ4v) is 3.10. The molecule has 26 heavy (non-hydrogen) atoms. The highest BCUT2D eigenvalue weighted by Crippen LogP contribution is 2.35. The van der Waals surface area contributed by atoms with Gasteiger partial charge in [0.25, 0.3) is 0 Å². The molecule has 2 N–H and O–H groups in total. The lowest BCUT2D eigenvalue weighted by atomic mass is 10.0. The second-order valence-corrected chi connectivity index (χ2v) is 6.17. The number of nitrogens with one attached hydrogen (secondary N) is 1. The maximum Gasteiger partial charge on any atom is 0.335 e. The van der Waals surface area contributed by atoms with Crippen LogP contribution in [0.2, 0.25) is 0 Å². The zero-order valence-electron chi connectivity index (χ0n) is 14.3. The molecule has 1 unspecified atom stereocenters. The van der Waals surface area contributed by atoms with Gasteiger partial charge in [0.05, 0.1) is 18.4 Å². The van der Waals surface area contributed by atoms with Crippen molar-refractivity contribution in [2.24, 2.45) is 4.99 Å². The maximum atomic E-state index is 11.4. The third-order valence-corrected chi connectivity index (χ3v) is 4.43. The number of fused-ring (bicyclic) bond motifs is 1. The van der Waals surface area contributed by atoms with Gasteiger partial charge in [0.2, 0.25) is 0 Å². The Morgan fingerprint density at radius 1 is 1.23 bits per heavy atom. The van der Waals surface area contributed by atoms with E-state index in [1.54, 1.807) is 6.20 Å². The van der Waals surface area contributed by atoms with Crippen LogP contribution in [-0.2, 0) is 9.53 Å². The SMILES string of the molecule is CO/C(C1=N[C@@H](c2ccccn2)c2ccccc2NC1Cl)=C(\C)C(=O)O. The average molecular weight is 372 g/mol. The second-order valence-electron chi connectivity index (χ2n) is 5.73. The van der Waals surface area contributed by atoms with Crippen molar-refractivity contribution >= 4 is 29.0 Å². The Morgan fingerprint density at radius 3 is 2.62 bits per heavy atom. The highest BCUT2D eigenvalue weighted by molar-refractivity contribution is 6.36. The van der Waals surface area contributed by atoms with Crippen LogP contribution in [0.15, 0.2) is 65.0 Å². The summed E-state index contributed by atoms with van der Waals surface area (Å²) in [5.41, 5.74) is 2.04. The molecule has 7 heteroatoms. The van der Waals surface area contributed by atoms with E-state index in [9.17, 15) is 9.90 Å². The van der Waals surface area contributed by atoms with Gasteiger partial charge >= 0.3 is 5.97 Å². The fourth-order valence-electron chi connectivity index (χ4n) is 2.83. The number of carbonyl (C=O) groups is 1. The summed E-state index contributed by atoms with van der Waals surface area (Å²) < 4.78 is 5.35. The molecular weight excluding hydrogens is 354 g/mol. The van der Waals surface area contributed by atoms with Gasteiger partial charge in [-0.2, -0.15) is 0 Å². The van der Waals surface area contributed by atoms with Crippen molar-refractivity contribution in [3.05, 3.63) is 71.3 Å². The van der Waals surface area contributed by atoms with Crippen molar-refractivity contribution < 1.29 is 14.6 Å². The number of aliphatic imine (C=N–C) groups is 1. The highest BCUT2D eigenvalue weighted by Gasteiger charge is 2.30. The highest BCUT2D eigenvalue weighted by atomic mass is 35.5. The average Bonchev–Trinajstić information content (AvgIpc) is 2.80. The van der Waals surface area contributed by atoms with E-state index in [0.29, 0.717) is 5.71 Å². The molecule has 3 rings (SSSR count). The van der Waals surface area contributed by atoms with Crippen LogP contribution in [0, 0.1) is 0 Å². The van der Waals surface area contributed by atoms with Crippen molar-refractivity contribution in [2.75, 3.05) is 12.4 Å². The molecule has 2 atom stereocenters. The summed E-state index contributed by atoms with van der Waals surface area (Å²) in [6, 6.07) is 12.8. The minimum atomic E-state index is -1.09. The Hall–Kier alpha value is -2.86. The molecule has 0 saturated carbocycles. The Labute approximate surface area is 156 Å². The monoisotopic (exact) mass is 371 g/mol. The van der Waals surface area contributed by atoms with E-state index >= 15 is 0 Å². The van der Waals surface area contributed by atoms with Crippen LogP contribution >= 0.6 is 11.6 Å². The molecule has 1 aliphatic rings. The third-order valence-electron chi connectivity index (χ3n) is 4.11. The lowest BCUT2D eigenvalue weighted by Gasteiger charge is -2.17. The normalized spacial score (nSPS) is 20.0. The summed E-state index contributed by atoms with van der Waals surface area (Å²) >= 11 is 6.52. The molecule has 2 heterocycles. The van der Waals surface area contributed by atoms with Crippen molar-refractivity contribution in [3.63, 3.8) is 0 Å². The summed E-state index contributed by atoms with van der Waals surface area (Å²) in [6.07, 6.45) is 1.69. The quantitative estimate of drug-likeness (QED) is 0.371. The third kappa shape index (κ3) is 3.41. The smallest absolute Gasteiger partial charge is 0.335 e. The van der Waals surface area contributed by atoms with Crippen LogP contribution in [0.4, 0.5) is 5.69 Å². The number of methoxy groups -OCH3 is 1. The first-order chi connectivity index (χ1) is 12.5. The van der Waals surface area contributed by atoms with Gasteiger partial charge in [-0.25, -0.2) is 4.79 Å². The number of hydrogen-bond acceptors (Lipinski definition) is 5. The van der Waals surface area contributed by atoms with E-state index in [0.717, 1.165) is 16.9 Å². The van der Waals surface area contributed by atoms with Crippen molar-refractivity contribution in [2.45, 2.75) is 18.5 Å². The van der Waals surface area contributed by atoms with Crippen LogP contribution in [0.5, 0.6) is 0 Å². The van der Waals surface area contributed by atoms with E-state index < -0.39 is 17.5 Å². The van der Waals surface area contributed by atoms with Gasteiger partial charge < -0.3 is 15.2 Å². The van der Waals surface area contributed by atoms with E-state index in [2.05, 4.69) is 10.3 Å². The first kappa shape index (κ1) is 17.9. The summed E-state index contributed by atoms with van der Waals surface area (Å²) in [7, 11) is 1.40. The lowest BCUT2D eigenvalue weighted by molar-refractivity contribution is -0.132. The summed E-state index contributed by atoms with van der Waals surface area (Å²) in [5.74, 6) is -0.955. The molecule has 2 aromatic rings. The first-order valence-corrected chi connectivity index (χ1v) is 8.43. The number of aliphatic carboxylic acids is 1. The summed E-state index contributed by atoms with van der Waals surface area (Å²) in [6.45, 7) is 1.46. The Balaban J connectivity index is 2.22. The molecule has 0 amide bonds. The Bertz CT molecular complexity index is 881. The predicted octanol–water partition coefficient (Wildman–Crippen LogP) is 3.61. The zero-order chi connectivity index (χ0) is 18.7. The number of para-hydroxylation sites is 1.